The molecule has 0 aliphatic carbocycles. The number of halogens is 1. The summed E-state index contributed by atoms with van der Waals surface area (Å²) in [7, 11) is 0. The number of para-hydroxylation sites is 1. The summed E-state index contributed by atoms with van der Waals surface area (Å²) >= 11 is 0. The summed E-state index contributed by atoms with van der Waals surface area (Å²) < 4.78 is 23.8. The number of ketones is 1. The minimum absolute atomic E-state index is 0.0770. The highest BCUT2D eigenvalue weighted by Gasteiger charge is 2.20. The predicted octanol–water partition coefficient (Wildman–Crippen LogP) is 3.70. The van der Waals surface area contributed by atoms with Crippen LogP contribution < -0.4 is 0 Å². The number of benzene rings is 1. The Balaban J connectivity index is 2.13. The Kier molecular flexibility index (Phi) is 2.30. The molecule has 90 valence electrons. The second-order valence-corrected chi connectivity index (χ2v) is 4.03. The van der Waals surface area contributed by atoms with Gasteiger partial charge in [0.15, 0.2) is 22.9 Å². The molecule has 0 spiro atoms. The first-order valence-corrected chi connectivity index (χ1v) is 5.43. The van der Waals surface area contributed by atoms with Crippen LogP contribution in [0.2, 0.25) is 0 Å². The lowest BCUT2D eigenvalue weighted by atomic mass is 10.1. The van der Waals surface area contributed by atoms with E-state index < -0.39 is 5.82 Å². The van der Waals surface area contributed by atoms with E-state index in [0.29, 0.717) is 5.39 Å². The van der Waals surface area contributed by atoms with Crippen LogP contribution in [-0.4, -0.2) is 5.78 Å². The minimum atomic E-state index is -0.484. The van der Waals surface area contributed by atoms with Crippen LogP contribution in [0.15, 0.2) is 45.4 Å². The summed E-state index contributed by atoms with van der Waals surface area (Å²) in [6.45, 7) is 1.76. The number of rotatable bonds is 2. The molecule has 4 heteroatoms. The number of hydrogen-bond acceptors (Lipinski definition) is 3. The first-order chi connectivity index (χ1) is 8.66. The highest BCUT2D eigenvalue weighted by Crippen LogP contribution is 2.24. The van der Waals surface area contributed by atoms with Crippen molar-refractivity contribution in [2.75, 3.05) is 0 Å². The van der Waals surface area contributed by atoms with Gasteiger partial charge in [0.2, 0.25) is 0 Å². The number of carbonyl (C=O) groups excluding carboxylic acids is 1. The van der Waals surface area contributed by atoms with Crippen molar-refractivity contribution < 1.29 is 18.0 Å². The van der Waals surface area contributed by atoms with Crippen LogP contribution in [0.25, 0.3) is 11.0 Å². The van der Waals surface area contributed by atoms with Crippen LogP contribution >= 0.6 is 0 Å². The maximum atomic E-state index is 13.5. The summed E-state index contributed by atoms with van der Waals surface area (Å²) in [6, 6.07) is 7.75. The van der Waals surface area contributed by atoms with Gasteiger partial charge < -0.3 is 8.83 Å². The minimum Gasteiger partial charge on any atom is -0.460 e. The molecule has 0 bridgehead atoms. The third-order valence-electron chi connectivity index (χ3n) is 2.79. The molecular formula is C14H9FO3. The largest absolute Gasteiger partial charge is 0.460 e. The van der Waals surface area contributed by atoms with Gasteiger partial charge in [0.25, 0.3) is 5.78 Å². The van der Waals surface area contributed by atoms with Gasteiger partial charge in [-0.05, 0) is 30.7 Å². The summed E-state index contributed by atoms with van der Waals surface area (Å²) in [6.07, 6.45) is 1.44. The number of furan rings is 2. The molecule has 0 amide bonds. The lowest BCUT2D eigenvalue weighted by molar-refractivity contribution is 0.0984. The molecule has 2 aromatic heterocycles. The van der Waals surface area contributed by atoms with E-state index in [9.17, 15) is 9.18 Å². The van der Waals surface area contributed by atoms with E-state index >= 15 is 0 Å². The first-order valence-electron chi connectivity index (χ1n) is 5.43. The van der Waals surface area contributed by atoms with Crippen molar-refractivity contribution in [2.45, 2.75) is 6.92 Å². The van der Waals surface area contributed by atoms with Gasteiger partial charge in [-0.25, -0.2) is 4.39 Å². The molecule has 0 aliphatic heterocycles. The van der Waals surface area contributed by atoms with Crippen LogP contribution in [0.4, 0.5) is 4.39 Å². The van der Waals surface area contributed by atoms with Gasteiger partial charge in [-0.1, -0.05) is 12.1 Å². The summed E-state index contributed by atoms with van der Waals surface area (Å²) in [5.74, 6) is -0.571. The predicted molar refractivity (Wildman–Crippen MR) is 63.0 cm³/mol. The molecule has 3 aromatic rings. The fraction of sp³-hybridized carbons (Fsp3) is 0.0714. The fourth-order valence-corrected chi connectivity index (χ4v) is 1.86. The quantitative estimate of drug-likeness (QED) is 0.645. The monoisotopic (exact) mass is 244 g/mol. The number of hydrogen-bond donors (Lipinski definition) is 0. The first kappa shape index (κ1) is 10.8. The molecule has 0 saturated heterocycles. The van der Waals surface area contributed by atoms with Crippen molar-refractivity contribution in [3.63, 3.8) is 0 Å². The molecule has 3 rings (SSSR count). The molecule has 0 saturated carbocycles. The SMILES string of the molecule is Cc1ccoc1C(=O)c1cc2cccc(F)c2o1. The Morgan fingerprint density at radius 2 is 2.11 bits per heavy atom. The fourth-order valence-electron chi connectivity index (χ4n) is 1.86. The van der Waals surface area contributed by atoms with Gasteiger partial charge in [0.05, 0.1) is 6.26 Å². The molecule has 1 aromatic carbocycles. The Bertz CT molecular complexity index is 736. The zero-order valence-corrected chi connectivity index (χ0v) is 9.57. The molecule has 2 heterocycles. The molecule has 0 N–H and O–H groups in total. The molecule has 0 radical (unpaired) electrons. The molecule has 18 heavy (non-hydrogen) atoms. The average molecular weight is 244 g/mol. The average Bonchev–Trinajstić information content (AvgIpc) is 2.95. The van der Waals surface area contributed by atoms with Crippen molar-refractivity contribution in [3.8, 4) is 0 Å². The van der Waals surface area contributed by atoms with E-state index in [1.54, 1.807) is 25.1 Å². The number of fused-ring (bicyclic) bond motifs is 1. The van der Waals surface area contributed by atoms with E-state index in [1.165, 1.54) is 18.4 Å². The normalized spacial score (nSPS) is 11.0. The van der Waals surface area contributed by atoms with E-state index in [1.807, 2.05) is 0 Å². The molecular weight excluding hydrogens is 235 g/mol. The zero-order chi connectivity index (χ0) is 12.7. The van der Waals surface area contributed by atoms with Crippen molar-refractivity contribution in [2.24, 2.45) is 0 Å². The van der Waals surface area contributed by atoms with Gasteiger partial charge in [-0.2, -0.15) is 0 Å². The summed E-state index contributed by atoms with van der Waals surface area (Å²) in [4.78, 5) is 12.1. The smallest absolute Gasteiger partial charge is 0.263 e. The van der Waals surface area contributed by atoms with Crippen molar-refractivity contribution in [1.29, 1.82) is 0 Å². The van der Waals surface area contributed by atoms with Crippen LogP contribution in [0, 0.1) is 12.7 Å². The van der Waals surface area contributed by atoms with E-state index in [2.05, 4.69) is 0 Å². The molecule has 3 nitrogen and oxygen atoms in total. The van der Waals surface area contributed by atoms with E-state index in [4.69, 9.17) is 8.83 Å². The van der Waals surface area contributed by atoms with Crippen LogP contribution in [0.3, 0.4) is 0 Å². The van der Waals surface area contributed by atoms with Gasteiger partial charge in [0, 0.05) is 5.39 Å². The molecule has 0 atom stereocenters. The Hall–Kier alpha value is -2.36. The molecule has 0 aliphatic rings. The van der Waals surface area contributed by atoms with Crippen LogP contribution in [-0.2, 0) is 0 Å². The highest BCUT2D eigenvalue weighted by atomic mass is 19.1. The van der Waals surface area contributed by atoms with Gasteiger partial charge in [-0.15, -0.1) is 0 Å². The highest BCUT2D eigenvalue weighted by molar-refractivity contribution is 6.08. The van der Waals surface area contributed by atoms with E-state index in [0.717, 1.165) is 5.56 Å². The lowest BCUT2D eigenvalue weighted by Gasteiger charge is -1.93. The maximum Gasteiger partial charge on any atom is 0.263 e. The topological polar surface area (TPSA) is 43.4 Å². The number of carbonyl (C=O) groups is 1. The third-order valence-corrected chi connectivity index (χ3v) is 2.79. The number of aryl methyl sites for hydroxylation is 1. The van der Waals surface area contributed by atoms with Gasteiger partial charge in [0.1, 0.15) is 0 Å². The van der Waals surface area contributed by atoms with Crippen molar-refractivity contribution in [3.05, 3.63) is 59.5 Å². The second kappa shape index (κ2) is 3.84. The zero-order valence-electron chi connectivity index (χ0n) is 9.57. The second-order valence-electron chi connectivity index (χ2n) is 4.03. The summed E-state index contributed by atoms with van der Waals surface area (Å²) in [5.41, 5.74) is 0.811. The van der Waals surface area contributed by atoms with Crippen LogP contribution in [0.5, 0.6) is 0 Å². The molecule has 0 fully saturated rings. The Labute approximate surface area is 102 Å². The summed E-state index contributed by atoms with van der Waals surface area (Å²) in [5, 5.41) is 0.558. The standard InChI is InChI=1S/C14H9FO3/c1-8-5-6-17-13(8)12(16)11-7-9-3-2-4-10(15)14(9)18-11/h2-7H,1H3. The van der Waals surface area contributed by atoms with Gasteiger partial charge >= 0.3 is 0 Å². The Morgan fingerprint density at radius 1 is 1.28 bits per heavy atom. The van der Waals surface area contributed by atoms with Gasteiger partial charge in [-0.3, -0.25) is 4.79 Å². The lowest BCUT2D eigenvalue weighted by Crippen LogP contribution is -1.99. The maximum absolute atomic E-state index is 13.5. The van der Waals surface area contributed by atoms with E-state index in [-0.39, 0.29) is 22.9 Å². The molecule has 0 unspecified atom stereocenters. The Morgan fingerprint density at radius 3 is 2.78 bits per heavy atom. The third kappa shape index (κ3) is 1.54. The van der Waals surface area contributed by atoms with Crippen molar-refractivity contribution >= 4 is 16.8 Å². The van der Waals surface area contributed by atoms with Crippen molar-refractivity contribution in [1.82, 2.24) is 0 Å². The van der Waals surface area contributed by atoms with Crippen LogP contribution in [0.1, 0.15) is 21.9 Å².